The lowest BCUT2D eigenvalue weighted by Gasteiger charge is -2.26. The van der Waals surface area contributed by atoms with Crippen LogP contribution in [-0.4, -0.2) is 5.78 Å². The lowest BCUT2D eigenvalue weighted by atomic mass is 9.77. The van der Waals surface area contributed by atoms with Crippen LogP contribution in [0, 0.1) is 0 Å². The van der Waals surface area contributed by atoms with Crippen LogP contribution in [0.2, 0.25) is 0 Å². The highest BCUT2D eigenvalue weighted by Gasteiger charge is 2.27. The Morgan fingerprint density at radius 1 is 0.731 bits per heavy atom. The Hall–Kier alpha value is -0.930. The Bertz CT molecular complexity index is 740. The van der Waals surface area contributed by atoms with Crippen LogP contribution in [0.15, 0.2) is 36.4 Å². The Labute approximate surface area is 174 Å². The van der Waals surface area contributed by atoms with Crippen LogP contribution in [0.5, 0.6) is 0 Å². The minimum atomic E-state index is -0.0964. The van der Waals surface area contributed by atoms with Gasteiger partial charge in [0.05, 0.1) is 0 Å². The molecular formula is C23H28Br2O. The summed E-state index contributed by atoms with van der Waals surface area (Å²) < 4.78 is 0. The van der Waals surface area contributed by atoms with Crippen LogP contribution < -0.4 is 0 Å². The largest absolute Gasteiger partial charge is 0.289 e. The Morgan fingerprint density at radius 2 is 1.08 bits per heavy atom. The summed E-state index contributed by atoms with van der Waals surface area (Å²) in [6, 6.07) is 12.4. The molecule has 0 unspecified atom stereocenters. The average molecular weight is 480 g/mol. The molecular weight excluding hydrogens is 452 g/mol. The van der Waals surface area contributed by atoms with Crippen molar-refractivity contribution in [2.75, 3.05) is 0 Å². The second-order valence-corrected chi connectivity index (χ2v) is 9.98. The predicted octanol–water partition coefficient (Wildman–Crippen LogP) is 7.30. The summed E-state index contributed by atoms with van der Waals surface area (Å²) in [4.78, 5) is 13.6. The van der Waals surface area contributed by atoms with Crippen molar-refractivity contribution in [3.05, 3.63) is 69.8 Å². The van der Waals surface area contributed by atoms with E-state index in [9.17, 15) is 4.79 Å². The molecule has 0 radical (unpaired) electrons. The van der Waals surface area contributed by atoms with Crippen LogP contribution in [-0.2, 0) is 21.5 Å². The van der Waals surface area contributed by atoms with Gasteiger partial charge in [-0.3, -0.25) is 4.79 Å². The standard InChI is InChI=1S/C23H28Br2O/c1-22(2,3)19-11-15(13-24)7-9-17(19)21(26)18-10-8-16(14-25)12-20(18)23(4,5)6/h7-12H,13-14H2,1-6H3. The Kier molecular flexibility index (Phi) is 6.56. The number of rotatable bonds is 4. The van der Waals surface area contributed by atoms with Gasteiger partial charge < -0.3 is 0 Å². The highest BCUT2D eigenvalue weighted by Crippen LogP contribution is 2.33. The van der Waals surface area contributed by atoms with Gasteiger partial charge in [-0.2, -0.15) is 0 Å². The maximum absolute atomic E-state index is 13.6. The van der Waals surface area contributed by atoms with Gasteiger partial charge in [0.2, 0.25) is 0 Å². The van der Waals surface area contributed by atoms with Crippen LogP contribution in [0.3, 0.4) is 0 Å². The molecule has 1 nitrogen and oxygen atoms in total. The van der Waals surface area contributed by atoms with Crippen LogP contribution in [0.1, 0.15) is 79.7 Å². The Morgan fingerprint density at radius 3 is 1.35 bits per heavy atom. The third-order valence-electron chi connectivity index (χ3n) is 4.58. The van der Waals surface area contributed by atoms with Crippen molar-refractivity contribution < 1.29 is 4.79 Å². The molecule has 26 heavy (non-hydrogen) atoms. The summed E-state index contributed by atoms with van der Waals surface area (Å²) in [6.45, 7) is 13.0. The van der Waals surface area contributed by atoms with Gasteiger partial charge in [0, 0.05) is 21.8 Å². The normalized spacial score (nSPS) is 12.3. The van der Waals surface area contributed by atoms with E-state index in [4.69, 9.17) is 0 Å². The molecule has 0 N–H and O–H groups in total. The zero-order valence-corrected chi connectivity index (χ0v) is 19.7. The SMILES string of the molecule is CC(C)(C)c1cc(CBr)ccc1C(=O)c1ccc(CBr)cc1C(C)(C)C. The predicted molar refractivity (Wildman–Crippen MR) is 119 cm³/mol. The van der Waals surface area contributed by atoms with E-state index in [0.29, 0.717) is 0 Å². The molecule has 0 aliphatic rings. The fourth-order valence-electron chi connectivity index (χ4n) is 3.13. The first-order valence-electron chi connectivity index (χ1n) is 8.92. The summed E-state index contributed by atoms with van der Waals surface area (Å²) >= 11 is 7.06. The molecule has 0 fully saturated rings. The fraction of sp³-hybridized carbons (Fsp3) is 0.435. The molecule has 0 amide bonds. The summed E-state index contributed by atoms with van der Waals surface area (Å²) in [5, 5.41) is 1.58. The second-order valence-electron chi connectivity index (χ2n) is 8.86. The van der Waals surface area contributed by atoms with Gasteiger partial charge in [-0.1, -0.05) is 110 Å². The van der Waals surface area contributed by atoms with E-state index in [2.05, 4.69) is 85.5 Å². The third kappa shape index (κ3) is 4.67. The van der Waals surface area contributed by atoms with Crippen molar-refractivity contribution in [3.63, 3.8) is 0 Å². The van der Waals surface area contributed by atoms with Gasteiger partial charge >= 0.3 is 0 Å². The maximum atomic E-state index is 13.6. The molecule has 140 valence electrons. The first kappa shape index (κ1) is 21.4. The van der Waals surface area contributed by atoms with Crippen molar-refractivity contribution in [3.8, 4) is 0 Å². The van der Waals surface area contributed by atoms with Gasteiger partial charge in [-0.15, -0.1) is 0 Å². The molecule has 0 spiro atoms. The number of carbonyl (C=O) groups excluding carboxylic acids is 1. The Balaban J connectivity index is 2.67. The molecule has 0 saturated heterocycles. The minimum Gasteiger partial charge on any atom is -0.289 e. The lowest BCUT2D eigenvalue weighted by Crippen LogP contribution is -2.21. The molecule has 2 rings (SSSR count). The molecule has 0 aliphatic heterocycles. The topological polar surface area (TPSA) is 17.1 Å². The molecule has 2 aromatic carbocycles. The molecule has 0 aliphatic carbocycles. The molecule has 0 bridgehead atoms. The van der Waals surface area contributed by atoms with Gasteiger partial charge in [0.1, 0.15) is 0 Å². The van der Waals surface area contributed by atoms with E-state index in [-0.39, 0.29) is 16.6 Å². The number of hydrogen-bond donors (Lipinski definition) is 0. The first-order chi connectivity index (χ1) is 12.0. The molecule has 0 saturated carbocycles. The van der Waals surface area contributed by atoms with Crippen molar-refractivity contribution in [2.24, 2.45) is 0 Å². The van der Waals surface area contributed by atoms with E-state index in [1.807, 2.05) is 24.3 Å². The van der Waals surface area contributed by atoms with Crippen LogP contribution in [0.25, 0.3) is 0 Å². The van der Waals surface area contributed by atoms with Crippen LogP contribution in [0.4, 0.5) is 0 Å². The van der Waals surface area contributed by atoms with Gasteiger partial charge in [-0.05, 0) is 33.1 Å². The quantitative estimate of drug-likeness (QED) is 0.332. The minimum absolute atomic E-state index is 0.0964. The highest BCUT2D eigenvalue weighted by atomic mass is 79.9. The molecule has 0 aromatic heterocycles. The number of halogens is 2. The van der Waals surface area contributed by atoms with Gasteiger partial charge in [0.15, 0.2) is 5.78 Å². The van der Waals surface area contributed by atoms with Crippen molar-refractivity contribution in [1.82, 2.24) is 0 Å². The van der Waals surface area contributed by atoms with E-state index in [0.717, 1.165) is 32.9 Å². The lowest BCUT2D eigenvalue weighted by molar-refractivity contribution is 0.103. The monoisotopic (exact) mass is 478 g/mol. The number of carbonyl (C=O) groups is 1. The van der Waals surface area contributed by atoms with E-state index in [1.165, 1.54) is 11.1 Å². The highest BCUT2D eigenvalue weighted by molar-refractivity contribution is 9.08. The number of benzene rings is 2. The summed E-state index contributed by atoms with van der Waals surface area (Å²) in [6.07, 6.45) is 0. The van der Waals surface area contributed by atoms with E-state index < -0.39 is 0 Å². The second kappa shape index (κ2) is 7.98. The van der Waals surface area contributed by atoms with E-state index >= 15 is 0 Å². The van der Waals surface area contributed by atoms with Crippen molar-refractivity contribution in [1.29, 1.82) is 0 Å². The molecule has 0 heterocycles. The number of alkyl halides is 2. The zero-order valence-electron chi connectivity index (χ0n) is 16.5. The van der Waals surface area contributed by atoms with E-state index in [1.54, 1.807) is 0 Å². The third-order valence-corrected chi connectivity index (χ3v) is 5.88. The molecule has 0 atom stereocenters. The molecule has 2 aromatic rings. The average Bonchev–Trinajstić information content (AvgIpc) is 2.58. The smallest absolute Gasteiger partial charge is 0.193 e. The summed E-state index contributed by atoms with van der Waals surface area (Å²) in [7, 11) is 0. The summed E-state index contributed by atoms with van der Waals surface area (Å²) in [5.41, 5.74) is 6.00. The first-order valence-corrected chi connectivity index (χ1v) is 11.2. The molecule has 3 heteroatoms. The summed E-state index contributed by atoms with van der Waals surface area (Å²) in [5.74, 6) is 0.113. The van der Waals surface area contributed by atoms with Crippen molar-refractivity contribution >= 4 is 37.6 Å². The number of hydrogen-bond acceptors (Lipinski definition) is 1. The van der Waals surface area contributed by atoms with Gasteiger partial charge in [0.25, 0.3) is 0 Å². The fourth-order valence-corrected chi connectivity index (χ4v) is 3.83. The van der Waals surface area contributed by atoms with Gasteiger partial charge in [-0.25, -0.2) is 0 Å². The number of ketones is 1. The zero-order chi connectivity index (χ0) is 19.7. The maximum Gasteiger partial charge on any atom is 0.193 e. The van der Waals surface area contributed by atoms with Crippen molar-refractivity contribution in [2.45, 2.75) is 63.0 Å². The van der Waals surface area contributed by atoms with Crippen LogP contribution >= 0.6 is 31.9 Å².